The molecule has 100 valence electrons. The van der Waals surface area contributed by atoms with E-state index in [9.17, 15) is 9.50 Å². The first-order valence-electron chi connectivity index (χ1n) is 5.66. The van der Waals surface area contributed by atoms with Crippen LogP contribution in [0.3, 0.4) is 0 Å². The maximum absolute atomic E-state index is 13.2. The van der Waals surface area contributed by atoms with Crippen LogP contribution in [0.4, 0.5) is 10.2 Å². The van der Waals surface area contributed by atoms with Crippen molar-refractivity contribution in [2.24, 2.45) is 0 Å². The summed E-state index contributed by atoms with van der Waals surface area (Å²) < 4.78 is 20.4. The van der Waals surface area contributed by atoms with Gasteiger partial charge < -0.3 is 15.6 Å². The van der Waals surface area contributed by atoms with Gasteiger partial charge in [0.25, 0.3) is 0 Å². The van der Waals surface area contributed by atoms with Gasteiger partial charge in [-0.05, 0) is 13.0 Å². The van der Waals surface area contributed by atoms with Crippen LogP contribution in [-0.4, -0.2) is 36.8 Å². The van der Waals surface area contributed by atoms with Gasteiger partial charge in [-0.25, -0.2) is 4.98 Å². The third-order valence-electron chi connectivity index (χ3n) is 3.01. The molecule has 3 N–H and O–H groups in total. The summed E-state index contributed by atoms with van der Waals surface area (Å²) in [5, 5.41) is 9.24. The summed E-state index contributed by atoms with van der Waals surface area (Å²) in [6.07, 6.45) is 3.50. The standard InChI is InChI=1S/C11H12FN5O2/c1-11(4-18)3-2-6(19-11)17-5-14-7-8(13)15-10(12)16-9(7)17/h2-3,5-6,18H,4H2,1H3,(H2,13,15,16)/t6-,11+/m1/s1. The van der Waals surface area contributed by atoms with E-state index in [4.69, 9.17) is 10.5 Å². The van der Waals surface area contributed by atoms with Crippen LogP contribution in [0.5, 0.6) is 0 Å². The van der Waals surface area contributed by atoms with Crippen LogP contribution in [0.25, 0.3) is 11.2 Å². The molecule has 1 aliphatic rings. The number of aromatic nitrogens is 4. The normalized spacial score (nSPS) is 26.4. The van der Waals surface area contributed by atoms with E-state index in [1.807, 2.05) is 0 Å². The number of hydrogen-bond acceptors (Lipinski definition) is 6. The van der Waals surface area contributed by atoms with Gasteiger partial charge in [-0.3, -0.25) is 4.57 Å². The van der Waals surface area contributed by atoms with Crippen molar-refractivity contribution in [2.75, 3.05) is 12.3 Å². The molecule has 3 heterocycles. The number of hydrogen-bond donors (Lipinski definition) is 2. The van der Waals surface area contributed by atoms with Crippen LogP contribution in [0, 0.1) is 6.08 Å². The summed E-state index contributed by atoms with van der Waals surface area (Å²) in [5.74, 6) is -0.0202. The number of halogens is 1. The molecule has 1 aliphatic heterocycles. The predicted molar refractivity (Wildman–Crippen MR) is 64.4 cm³/mol. The monoisotopic (exact) mass is 265 g/mol. The summed E-state index contributed by atoms with van der Waals surface area (Å²) in [6, 6.07) is 0. The van der Waals surface area contributed by atoms with Crippen molar-refractivity contribution < 1.29 is 14.2 Å². The Kier molecular flexibility index (Phi) is 2.51. The van der Waals surface area contributed by atoms with E-state index in [0.717, 1.165) is 0 Å². The zero-order valence-electron chi connectivity index (χ0n) is 10.1. The van der Waals surface area contributed by atoms with Crippen molar-refractivity contribution >= 4 is 17.0 Å². The van der Waals surface area contributed by atoms with Crippen molar-refractivity contribution in [3.8, 4) is 0 Å². The molecule has 3 rings (SSSR count). The second-order valence-corrected chi connectivity index (χ2v) is 4.54. The minimum absolute atomic E-state index is 0.0202. The number of anilines is 1. The number of nitrogen functional groups attached to an aromatic ring is 1. The molecule has 8 heteroatoms. The van der Waals surface area contributed by atoms with E-state index in [1.165, 1.54) is 10.9 Å². The smallest absolute Gasteiger partial charge is 0.312 e. The van der Waals surface area contributed by atoms with Crippen LogP contribution in [0.2, 0.25) is 0 Å². The fourth-order valence-electron chi connectivity index (χ4n) is 1.98. The van der Waals surface area contributed by atoms with Crippen LogP contribution in [0.1, 0.15) is 13.2 Å². The Morgan fingerprint density at radius 1 is 1.58 bits per heavy atom. The van der Waals surface area contributed by atoms with E-state index >= 15 is 0 Å². The molecule has 0 saturated heterocycles. The molecule has 7 nitrogen and oxygen atoms in total. The van der Waals surface area contributed by atoms with Crippen LogP contribution >= 0.6 is 0 Å². The molecule has 0 aromatic carbocycles. The summed E-state index contributed by atoms with van der Waals surface area (Å²) in [7, 11) is 0. The van der Waals surface area contributed by atoms with Gasteiger partial charge in [-0.2, -0.15) is 14.4 Å². The van der Waals surface area contributed by atoms with Gasteiger partial charge >= 0.3 is 6.08 Å². The van der Waals surface area contributed by atoms with Crippen LogP contribution in [0.15, 0.2) is 18.5 Å². The van der Waals surface area contributed by atoms with Gasteiger partial charge in [-0.1, -0.05) is 6.08 Å². The number of ether oxygens (including phenoxy) is 1. The first kappa shape index (κ1) is 12.0. The molecule has 0 bridgehead atoms. The van der Waals surface area contributed by atoms with Gasteiger partial charge in [-0.15, -0.1) is 0 Å². The highest BCUT2D eigenvalue weighted by Crippen LogP contribution is 2.31. The minimum atomic E-state index is -0.918. The third kappa shape index (κ3) is 1.85. The minimum Gasteiger partial charge on any atom is -0.393 e. The fourth-order valence-corrected chi connectivity index (χ4v) is 1.98. The van der Waals surface area contributed by atoms with Crippen LogP contribution in [-0.2, 0) is 4.74 Å². The van der Waals surface area contributed by atoms with Crippen molar-refractivity contribution in [2.45, 2.75) is 18.8 Å². The SMILES string of the molecule is C[C@@]1(CO)C=C[C@H](n2cnc3c(N)nc(F)nc32)O1. The fraction of sp³-hybridized carbons (Fsp3) is 0.364. The van der Waals surface area contributed by atoms with Crippen molar-refractivity contribution in [1.29, 1.82) is 0 Å². The Morgan fingerprint density at radius 2 is 2.37 bits per heavy atom. The van der Waals surface area contributed by atoms with E-state index < -0.39 is 17.9 Å². The summed E-state index contributed by atoms with van der Waals surface area (Å²) in [6.45, 7) is 1.59. The van der Waals surface area contributed by atoms with Crippen molar-refractivity contribution in [1.82, 2.24) is 19.5 Å². The maximum Gasteiger partial charge on any atom is 0.312 e. The highest BCUT2D eigenvalue weighted by molar-refractivity contribution is 5.81. The zero-order valence-corrected chi connectivity index (χ0v) is 10.1. The lowest BCUT2D eigenvalue weighted by Crippen LogP contribution is -2.28. The molecule has 0 amide bonds. The Labute approximate surface area is 107 Å². The van der Waals surface area contributed by atoms with Crippen LogP contribution < -0.4 is 5.73 Å². The molecule has 0 aliphatic carbocycles. The average Bonchev–Trinajstić information content (AvgIpc) is 2.94. The second-order valence-electron chi connectivity index (χ2n) is 4.54. The third-order valence-corrected chi connectivity index (χ3v) is 3.01. The number of rotatable bonds is 2. The zero-order chi connectivity index (χ0) is 13.6. The summed E-state index contributed by atoms with van der Waals surface area (Å²) in [4.78, 5) is 11.1. The topological polar surface area (TPSA) is 99.1 Å². The molecule has 0 spiro atoms. The van der Waals surface area contributed by atoms with Crippen molar-refractivity contribution in [3.63, 3.8) is 0 Å². The average molecular weight is 265 g/mol. The van der Waals surface area contributed by atoms with E-state index in [0.29, 0.717) is 5.52 Å². The van der Waals surface area contributed by atoms with Gasteiger partial charge in [0, 0.05) is 0 Å². The lowest BCUT2D eigenvalue weighted by Gasteiger charge is -2.22. The number of nitrogens with zero attached hydrogens (tertiary/aromatic N) is 4. The molecule has 2 aromatic heterocycles. The molecule has 0 fully saturated rings. The second kappa shape index (κ2) is 3.97. The van der Waals surface area contributed by atoms with Gasteiger partial charge in [0.2, 0.25) is 0 Å². The highest BCUT2D eigenvalue weighted by atomic mass is 19.1. The molecule has 0 unspecified atom stereocenters. The van der Waals surface area contributed by atoms with E-state index in [-0.39, 0.29) is 18.1 Å². The predicted octanol–water partition coefficient (Wildman–Crippen LogP) is 0.384. The highest BCUT2D eigenvalue weighted by Gasteiger charge is 2.32. The maximum atomic E-state index is 13.2. The largest absolute Gasteiger partial charge is 0.393 e. The molecule has 19 heavy (non-hydrogen) atoms. The van der Waals surface area contributed by atoms with Gasteiger partial charge in [0.05, 0.1) is 12.9 Å². The molecule has 2 atom stereocenters. The summed E-state index contributed by atoms with van der Waals surface area (Å²) >= 11 is 0. The quantitative estimate of drug-likeness (QED) is 0.601. The van der Waals surface area contributed by atoms with Gasteiger partial charge in [0.1, 0.15) is 5.60 Å². The Hall–Kier alpha value is -2.06. The lowest BCUT2D eigenvalue weighted by atomic mass is 10.1. The lowest BCUT2D eigenvalue weighted by molar-refractivity contribution is -0.0702. The van der Waals surface area contributed by atoms with Crippen molar-refractivity contribution in [3.05, 3.63) is 24.6 Å². The van der Waals surface area contributed by atoms with Gasteiger partial charge in [0.15, 0.2) is 23.2 Å². The number of fused-ring (bicyclic) bond motifs is 1. The molecule has 0 radical (unpaired) electrons. The Bertz CT molecular complexity index is 670. The Balaban J connectivity index is 2.06. The number of nitrogens with two attached hydrogens (primary N) is 1. The first-order chi connectivity index (χ1) is 9.02. The van der Waals surface area contributed by atoms with E-state index in [1.54, 1.807) is 19.1 Å². The number of aliphatic hydroxyl groups excluding tert-OH is 1. The van der Waals surface area contributed by atoms with E-state index in [2.05, 4.69) is 15.0 Å². The number of imidazole rings is 1. The molecular weight excluding hydrogens is 253 g/mol. The number of aliphatic hydroxyl groups is 1. The first-order valence-corrected chi connectivity index (χ1v) is 5.66. The Morgan fingerprint density at radius 3 is 3.05 bits per heavy atom. The molecule has 0 saturated carbocycles. The molecule has 2 aromatic rings. The molecular formula is C11H12FN5O2. The summed E-state index contributed by atoms with van der Waals surface area (Å²) in [5.41, 5.74) is 5.38.